The number of carboxylic acid groups (broad SMARTS) is 1. The second kappa shape index (κ2) is 4.91. The van der Waals surface area contributed by atoms with Crippen LogP contribution in [0.25, 0.3) is 0 Å². The maximum Gasteiger partial charge on any atom is 0.323 e. The number of nitrogens with one attached hydrogen (secondary N) is 1. The largest absolute Gasteiger partial charge is 0.480 e. The van der Waals surface area contributed by atoms with E-state index in [0.29, 0.717) is 6.04 Å². The number of likely N-dealkylation sites (N-methyl/N-ethyl adjacent to an activating group) is 1. The molecule has 0 aromatic rings. The first-order chi connectivity index (χ1) is 8.08. The first-order valence-corrected chi connectivity index (χ1v) is 6.05. The van der Waals surface area contributed by atoms with Crippen LogP contribution in [0.3, 0.4) is 0 Å². The van der Waals surface area contributed by atoms with Gasteiger partial charge in [0.25, 0.3) is 0 Å². The van der Waals surface area contributed by atoms with Crippen LogP contribution in [-0.2, 0) is 4.79 Å². The van der Waals surface area contributed by atoms with Crippen molar-refractivity contribution in [3.63, 3.8) is 0 Å². The predicted molar refractivity (Wildman–Crippen MR) is 61.8 cm³/mol. The third-order valence-electron chi connectivity index (χ3n) is 3.63. The highest BCUT2D eigenvalue weighted by Gasteiger charge is 2.38. The van der Waals surface area contributed by atoms with E-state index in [2.05, 4.69) is 10.2 Å². The molecule has 2 aliphatic heterocycles. The van der Waals surface area contributed by atoms with Crippen LogP contribution in [0.2, 0.25) is 0 Å². The number of rotatable bonds is 3. The molecule has 0 spiro atoms. The monoisotopic (exact) mass is 241 g/mol. The Morgan fingerprint density at radius 2 is 2.18 bits per heavy atom. The van der Waals surface area contributed by atoms with E-state index >= 15 is 0 Å². The highest BCUT2D eigenvalue weighted by molar-refractivity contribution is 5.80. The Morgan fingerprint density at radius 3 is 2.88 bits per heavy atom. The van der Waals surface area contributed by atoms with Crippen molar-refractivity contribution in [2.45, 2.75) is 31.3 Å². The zero-order chi connectivity index (χ0) is 12.4. The lowest BCUT2D eigenvalue weighted by atomic mass is 10.1. The second-order valence-electron chi connectivity index (χ2n) is 4.84. The number of amides is 2. The molecule has 0 aliphatic carbocycles. The molecule has 2 fully saturated rings. The molecular formula is C11H19N3O3. The molecule has 0 saturated carbocycles. The molecule has 0 radical (unpaired) electrons. The normalized spacial score (nSPS) is 27.8. The topological polar surface area (TPSA) is 72.9 Å². The van der Waals surface area contributed by atoms with Crippen LogP contribution in [0.1, 0.15) is 19.3 Å². The highest BCUT2D eigenvalue weighted by atomic mass is 16.4. The van der Waals surface area contributed by atoms with Gasteiger partial charge in [0.1, 0.15) is 6.54 Å². The number of aliphatic carboxylic acids is 1. The van der Waals surface area contributed by atoms with Gasteiger partial charge in [0.2, 0.25) is 0 Å². The minimum Gasteiger partial charge on any atom is -0.480 e. The molecule has 96 valence electrons. The van der Waals surface area contributed by atoms with E-state index in [0.717, 1.165) is 25.9 Å². The lowest BCUT2D eigenvalue weighted by Crippen LogP contribution is -2.48. The van der Waals surface area contributed by atoms with Crippen LogP contribution in [-0.4, -0.2) is 65.7 Å². The van der Waals surface area contributed by atoms with Crippen LogP contribution < -0.4 is 5.32 Å². The van der Waals surface area contributed by atoms with Crippen molar-refractivity contribution >= 4 is 12.0 Å². The van der Waals surface area contributed by atoms with E-state index in [1.807, 2.05) is 0 Å². The van der Waals surface area contributed by atoms with Gasteiger partial charge in [0, 0.05) is 25.7 Å². The van der Waals surface area contributed by atoms with Gasteiger partial charge in [-0.05, 0) is 25.8 Å². The van der Waals surface area contributed by atoms with E-state index in [9.17, 15) is 9.59 Å². The SMILES string of the molecule is CN(CC(=O)O)C(=O)NC1CCN2CCCC12. The molecule has 6 heteroatoms. The van der Waals surface area contributed by atoms with Crippen LogP contribution >= 0.6 is 0 Å². The minimum absolute atomic E-state index is 0.182. The maximum absolute atomic E-state index is 11.8. The minimum atomic E-state index is -0.989. The molecule has 2 atom stereocenters. The smallest absolute Gasteiger partial charge is 0.323 e. The average molecular weight is 241 g/mol. The van der Waals surface area contributed by atoms with Crippen molar-refractivity contribution in [3.8, 4) is 0 Å². The fourth-order valence-electron chi connectivity index (χ4n) is 2.79. The number of carbonyl (C=O) groups excluding carboxylic acids is 1. The number of carbonyl (C=O) groups is 2. The summed E-state index contributed by atoms with van der Waals surface area (Å²) < 4.78 is 0. The summed E-state index contributed by atoms with van der Waals surface area (Å²) in [4.78, 5) is 25.9. The average Bonchev–Trinajstić information content (AvgIpc) is 2.81. The lowest BCUT2D eigenvalue weighted by Gasteiger charge is -2.24. The number of hydrogen-bond donors (Lipinski definition) is 2. The third-order valence-corrected chi connectivity index (χ3v) is 3.63. The van der Waals surface area contributed by atoms with Gasteiger partial charge in [-0.1, -0.05) is 0 Å². The van der Waals surface area contributed by atoms with Crippen LogP contribution in [0.4, 0.5) is 4.79 Å². The molecule has 2 amide bonds. The number of fused-ring (bicyclic) bond motifs is 1. The Labute approximate surface area is 101 Å². The van der Waals surface area contributed by atoms with Crippen molar-refractivity contribution in [1.29, 1.82) is 0 Å². The third kappa shape index (κ3) is 2.69. The molecule has 17 heavy (non-hydrogen) atoms. The van der Waals surface area contributed by atoms with Gasteiger partial charge in [-0.3, -0.25) is 9.69 Å². The fraction of sp³-hybridized carbons (Fsp3) is 0.818. The van der Waals surface area contributed by atoms with Gasteiger partial charge in [0.05, 0.1) is 0 Å². The van der Waals surface area contributed by atoms with E-state index < -0.39 is 5.97 Å². The molecule has 2 heterocycles. The Morgan fingerprint density at radius 1 is 1.41 bits per heavy atom. The molecule has 0 aromatic carbocycles. The number of hydrogen-bond acceptors (Lipinski definition) is 3. The van der Waals surface area contributed by atoms with E-state index in [1.54, 1.807) is 0 Å². The van der Waals surface area contributed by atoms with Crippen LogP contribution in [0.15, 0.2) is 0 Å². The first kappa shape index (κ1) is 12.2. The quantitative estimate of drug-likeness (QED) is 0.726. The first-order valence-electron chi connectivity index (χ1n) is 6.05. The Balaban J connectivity index is 1.84. The number of nitrogens with zero attached hydrogens (tertiary/aromatic N) is 2. The van der Waals surface area contributed by atoms with E-state index in [1.165, 1.54) is 18.4 Å². The molecule has 2 saturated heterocycles. The van der Waals surface area contributed by atoms with Crippen molar-refractivity contribution in [2.75, 3.05) is 26.7 Å². The lowest BCUT2D eigenvalue weighted by molar-refractivity contribution is -0.137. The standard InChI is InChI=1S/C11H19N3O3/c1-13(7-10(15)16)11(17)12-8-4-6-14-5-2-3-9(8)14/h8-9H,2-7H2,1H3,(H,12,17)(H,15,16). The Kier molecular flexibility index (Phi) is 3.51. The highest BCUT2D eigenvalue weighted by Crippen LogP contribution is 2.27. The number of carboxylic acids is 1. The zero-order valence-corrected chi connectivity index (χ0v) is 10.1. The molecule has 2 unspecified atom stereocenters. The van der Waals surface area contributed by atoms with Crippen molar-refractivity contribution in [3.05, 3.63) is 0 Å². The molecule has 2 aliphatic rings. The van der Waals surface area contributed by atoms with E-state index in [-0.39, 0.29) is 18.6 Å². The summed E-state index contributed by atoms with van der Waals surface area (Å²) in [6.45, 7) is 1.91. The Hall–Kier alpha value is -1.30. The van der Waals surface area contributed by atoms with E-state index in [4.69, 9.17) is 5.11 Å². The van der Waals surface area contributed by atoms with Crippen molar-refractivity contribution in [1.82, 2.24) is 15.1 Å². The number of urea groups is 1. The van der Waals surface area contributed by atoms with Gasteiger partial charge < -0.3 is 15.3 Å². The molecule has 0 aromatic heterocycles. The van der Waals surface area contributed by atoms with Crippen LogP contribution in [0, 0.1) is 0 Å². The molecule has 0 bridgehead atoms. The van der Waals surface area contributed by atoms with Crippen molar-refractivity contribution < 1.29 is 14.7 Å². The maximum atomic E-state index is 11.8. The Bertz CT molecular complexity index is 321. The molecule has 6 nitrogen and oxygen atoms in total. The van der Waals surface area contributed by atoms with Gasteiger partial charge in [-0.2, -0.15) is 0 Å². The summed E-state index contributed by atoms with van der Waals surface area (Å²) >= 11 is 0. The summed E-state index contributed by atoms with van der Waals surface area (Å²) in [5.41, 5.74) is 0. The van der Waals surface area contributed by atoms with Gasteiger partial charge in [-0.25, -0.2) is 4.79 Å². The zero-order valence-electron chi connectivity index (χ0n) is 10.1. The molecule has 2 N–H and O–H groups in total. The van der Waals surface area contributed by atoms with Gasteiger partial charge in [-0.15, -0.1) is 0 Å². The van der Waals surface area contributed by atoms with Crippen molar-refractivity contribution in [2.24, 2.45) is 0 Å². The summed E-state index contributed by atoms with van der Waals surface area (Å²) in [7, 11) is 1.50. The summed E-state index contributed by atoms with van der Waals surface area (Å²) in [6.07, 6.45) is 3.30. The van der Waals surface area contributed by atoms with Crippen LogP contribution in [0.5, 0.6) is 0 Å². The summed E-state index contributed by atoms with van der Waals surface area (Å²) in [6, 6.07) is 0.351. The molecular weight excluding hydrogens is 222 g/mol. The predicted octanol–water partition coefficient (Wildman–Crippen LogP) is -0.0509. The summed E-state index contributed by atoms with van der Waals surface area (Å²) in [5.74, 6) is -0.989. The van der Waals surface area contributed by atoms with Gasteiger partial charge in [0.15, 0.2) is 0 Å². The fourth-order valence-corrected chi connectivity index (χ4v) is 2.79. The molecule has 2 rings (SSSR count). The second-order valence-corrected chi connectivity index (χ2v) is 4.84. The summed E-state index contributed by atoms with van der Waals surface area (Å²) in [5, 5.41) is 11.6. The van der Waals surface area contributed by atoms with Gasteiger partial charge >= 0.3 is 12.0 Å².